The maximum absolute atomic E-state index is 10.9. The highest BCUT2D eigenvalue weighted by molar-refractivity contribution is 5.67. The number of ether oxygens (including phenoxy) is 1. The first-order valence-electron chi connectivity index (χ1n) is 3.74. The Hall–Kier alpha value is -0.770. The van der Waals surface area contributed by atoms with Gasteiger partial charge in [-0.05, 0) is 14.0 Å². The molecule has 0 aliphatic rings. The van der Waals surface area contributed by atoms with Gasteiger partial charge in [0.1, 0.15) is 0 Å². The van der Waals surface area contributed by atoms with E-state index < -0.39 is 0 Å². The third-order valence-electron chi connectivity index (χ3n) is 1.28. The molecule has 0 aromatic carbocycles. The molecular weight excluding hydrogens is 144 g/mol. The molecule has 0 radical (unpaired) electrons. The maximum Gasteiger partial charge on any atom is 0.409 e. The Balaban J connectivity index is 3.46. The number of nitrogens with zero attached hydrogens (tertiary/aromatic N) is 1. The fraction of sp³-hybridized carbons (Fsp3) is 0.857. The minimum Gasteiger partial charge on any atom is -0.450 e. The summed E-state index contributed by atoms with van der Waals surface area (Å²) in [6, 6.07) is 0. The molecule has 1 amide bonds. The van der Waals surface area contributed by atoms with Crippen molar-refractivity contribution in [3.8, 4) is 0 Å². The number of rotatable bonds is 4. The van der Waals surface area contributed by atoms with E-state index in [0.717, 1.165) is 6.54 Å². The first kappa shape index (κ1) is 10.2. The van der Waals surface area contributed by atoms with Crippen LogP contribution in [0.25, 0.3) is 0 Å². The lowest BCUT2D eigenvalue weighted by molar-refractivity contribution is 0.116. The van der Waals surface area contributed by atoms with E-state index in [1.165, 1.54) is 0 Å². The quantitative estimate of drug-likeness (QED) is 0.643. The molecule has 1 N–H and O–H groups in total. The summed E-state index contributed by atoms with van der Waals surface area (Å²) in [6.07, 6.45) is -0.261. The number of carbonyl (C=O) groups excluding carboxylic acids is 1. The first-order chi connectivity index (χ1) is 5.22. The van der Waals surface area contributed by atoms with Crippen LogP contribution in [0.15, 0.2) is 0 Å². The van der Waals surface area contributed by atoms with Crippen molar-refractivity contribution in [2.24, 2.45) is 0 Å². The van der Waals surface area contributed by atoms with Gasteiger partial charge in [0.25, 0.3) is 0 Å². The Labute approximate surface area is 67.5 Å². The number of likely N-dealkylation sites (N-methyl/N-ethyl adjacent to an activating group) is 2. The van der Waals surface area contributed by atoms with E-state index in [9.17, 15) is 4.79 Å². The molecule has 0 aromatic heterocycles. The molecule has 66 valence electrons. The third-order valence-corrected chi connectivity index (χ3v) is 1.28. The van der Waals surface area contributed by atoms with Crippen molar-refractivity contribution in [2.45, 2.75) is 6.92 Å². The second kappa shape index (κ2) is 5.97. The molecule has 0 saturated carbocycles. The smallest absolute Gasteiger partial charge is 0.409 e. The summed E-state index contributed by atoms with van der Waals surface area (Å²) in [5, 5.41) is 2.95. The van der Waals surface area contributed by atoms with Crippen LogP contribution in [-0.2, 0) is 4.74 Å². The number of hydrogen-bond donors (Lipinski definition) is 1. The summed E-state index contributed by atoms with van der Waals surface area (Å²) >= 11 is 0. The van der Waals surface area contributed by atoms with E-state index in [4.69, 9.17) is 4.74 Å². The predicted molar refractivity (Wildman–Crippen MR) is 43.6 cm³/mol. The maximum atomic E-state index is 10.9. The molecule has 0 heterocycles. The molecule has 0 fully saturated rings. The molecule has 0 atom stereocenters. The number of carbonyl (C=O) groups is 1. The molecule has 0 spiro atoms. The lowest BCUT2D eigenvalue weighted by atomic mass is 10.6. The Morgan fingerprint density at radius 2 is 2.27 bits per heavy atom. The van der Waals surface area contributed by atoms with Gasteiger partial charge >= 0.3 is 6.09 Å². The average Bonchev–Trinajstić information content (AvgIpc) is 2.00. The number of hydrogen-bond acceptors (Lipinski definition) is 3. The van der Waals surface area contributed by atoms with Gasteiger partial charge in [-0.1, -0.05) is 0 Å². The van der Waals surface area contributed by atoms with Crippen molar-refractivity contribution in [3.05, 3.63) is 0 Å². The largest absolute Gasteiger partial charge is 0.450 e. The van der Waals surface area contributed by atoms with E-state index in [-0.39, 0.29) is 6.09 Å². The van der Waals surface area contributed by atoms with Gasteiger partial charge in [0, 0.05) is 20.1 Å². The predicted octanol–water partition coefficient (Wildman–Crippen LogP) is 0.294. The third kappa shape index (κ3) is 4.61. The lowest BCUT2D eigenvalue weighted by Gasteiger charge is -2.15. The highest BCUT2D eigenvalue weighted by atomic mass is 16.5. The summed E-state index contributed by atoms with van der Waals surface area (Å²) in [7, 11) is 3.56. The van der Waals surface area contributed by atoms with Crippen LogP contribution in [0.4, 0.5) is 4.79 Å². The molecule has 0 bridgehead atoms. The molecule has 11 heavy (non-hydrogen) atoms. The van der Waals surface area contributed by atoms with Gasteiger partial charge < -0.3 is 15.0 Å². The number of nitrogens with one attached hydrogen (secondary N) is 1. The minimum atomic E-state index is -0.261. The molecule has 0 aliphatic heterocycles. The van der Waals surface area contributed by atoms with Crippen molar-refractivity contribution in [2.75, 3.05) is 33.8 Å². The normalized spacial score (nSPS) is 9.36. The molecule has 4 heteroatoms. The minimum absolute atomic E-state index is 0.261. The van der Waals surface area contributed by atoms with E-state index in [1.807, 2.05) is 7.05 Å². The SMILES string of the molecule is CCOC(=O)N(C)CCNC. The van der Waals surface area contributed by atoms with Gasteiger partial charge in [-0.25, -0.2) is 4.79 Å². The van der Waals surface area contributed by atoms with Crippen LogP contribution < -0.4 is 5.32 Å². The van der Waals surface area contributed by atoms with E-state index in [0.29, 0.717) is 13.2 Å². The van der Waals surface area contributed by atoms with Crippen LogP contribution in [0.1, 0.15) is 6.92 Å². The second-order valence-electron chi connectivity index (χ2n) is 2.22. The van der Waals surface area contributed by atoms with E-state index in [2.05, 4.69) is 5.32 Å². The zero-order valence-electron chi connectivity index (χ0n) is 7.39. The summed E-state index contributed by atoms with van der Waals surface area (Å²) in [5.74, 6) is 0. The highest BCUT2D eigenvalue weighted by Crippen LogP contribution is 1.87. The van der Waals surface area contributed by atoms with Crippen LogP contribution in [0, 0.1) is 0 Å². The first-order valence-corrected chi connectivity index (χ1v) is 3.74. The van der Waals surface area contributed by atoms with Crippen molar-refractivity contribution >= 4 is 6.09 Å². The zero-order chi connectivity index (χ0) is 8.69. The molecule has 0 aliphatic carbocycles. The fourth-order valence-corrected chi connectivity index (χ4v) is 0.604. The molecular formula is C7H16N2O2. The van der Waals surface area contributed by atoms with Crippen LogP contribution in [-0.4, -0.2) is 44.8 Å². The standard InChI is InChI=1S/C7H16N2O2/c1-4-11-7(10)9(3)6-5-8-2/h8H,4-6H2,1-3H3. The van der Waals surface area contributed by atoms with Gasteiger partial charge in [-0.3, -0.25) is 0 Å². The van der Waals surface area contributed by atoms with Crippen LogP contribution in [0.3, 0.4) is 0 Å². The fourth-order valence-electron chi connectivity index (χ4n) is 0.604. The zero-order valence-corrected chi connectivity index (χ0v) is 7.39. The van der Waals surface area contributed by atoms with Gasteiger partial charge in [-0.2, -0.15) is 0 Å². The summed E-state index contributed by atoms with van der Waals surface area (Å²) in [4.78, 5) is 12.5. The highest BCUT2D eigenvalue weighted by Gasteiger charge is 2.06. The monoisotopic (exact) mass is 160 g/mol. The summed E-state index contributed by atoms with van der Waals surface area (Å²) in [5.41, 5.74) is 0. The van der Waals surface area contributed by atoms with Crippen LogP contribution in [0.5, 0.6) is 0 Å². The summed E-state index contributed by atoms with van der Waals surface area (Å²) < 4.78 is 4.76. The molecule has 4 nitrogen and oxygen atoms in total. The number of amides is 1. The van der Waals surface area contributed by atoms with Gasteiger partial charge in [0.2, 0.25) is 0 Å². The van der Waals surface area contributed by atoms with Gasteiger partial charge in [0.05, 0.1) is 6.61 Å². The van der Waals surface area contributed by atoms with Crippen molar-refractivity contribution in [1.29, 1.82) is 0 Å². The Morgan fingerprint density at radius 1 is 1.64 bits per heavy atom. The van der Waals surface area contributed by atoms with Crippen LogP contribution in [0.2, 0.25) is 0 Å². The van der Waals surface area contributed by atoms with Crippen LogP contribution >= 0.6 is 0 Å². The van der Waals surface area contributed by atoms with E-state index >= 15 is 0 Å². The van der Waals surface area contributed by atoms with Crippen molar-refractivity contribution < 1.29 is 9.53 Å². The second-order valence-corrected chi connectivity index (χ2v) is 2.22. The van der Waals surface area contributed by atoms with Crippen molar-refractivity contribution in [1.82, 2.24) is 10.2 Å². The van der Waals surface area contributed by atoms with Crippen molar-refractivity contribution in [3.63, 3.8) is 0 Å². The van der Waals surface area contributed by atoms with Gasteiger partial charge in [-0.15, -0.1) is 0 Å². The molecule has 0 unspecified atom stereocenters. The lowest BCUT2D eigenvalue weighted by Crippen LogP contribution is -2.33. The Morgan fingerprint density at radius 3 is 2.73 bits per heavy atom. The van der Waals surface area contributed by atoms with Gasteiger partial charge in [0.15, 0.2) is 0 Å². The summed E-state index contributed by atoms with van der Waals surface area (Å²) in [6.45, 7) is 3.69. The molecule has 0 aromatic rings. The Bertz CT molecular complexity index is 117. The average molecular weight is 160 g/mol. The molecule has 0 saturated heterocycles. The Kier molecular flexibility index (Phi) is 5.56. The topological polar surface area (TPSA) is 41.6 Å². The molecule has 0 rings (SSSR count). The van der Waals surface area contributed by atoms with E-state index in [1.54, 1.807) is 18.9 Å².